The molecule has 2 aliphatic rings. The Bertz CT molecular complexity index is 915. The molecule has 1 aliphatic heterocycles. The molecule has 33 heavy (non-hydrogen) atoms. The predicted octanol–water partition coefficient (Wildman–Crippen LogP) is 4.06. The number of ether oxygens (including phenoxy) is 1. The highest BCUT2D eigenvalue weighted by Crippen LogP contribution is 2.28. The quantitative estimate of drug-likeness (QED) is 0.667. The van der Waals surface area contributed by atoms with E-state index in [0.717, 1.165) is 37.8 Å². The molecular weight excluding hydrogens is 414 g/mol. The zero-order valence-corrected chi connectivity index (χ0v) is 19.8. The lowest BCUT2D eigenvalue weighted by atomic mass is 9.86. The molecule has 1 saturated heterocycles. The number of methoxy groups -OCH3 is 1. The van der Waals surface area contributed by atoms with E-state index in [-0.39, 0.29) is 18.4 Å². The molecule has 6 heteroatoms. The third-order valence-corrected chi connectivity index (χ3v) is 7.11. The van der Waals surface area contributed by atoms with Gasteiger partial charge in [-0.05, 0) is 68.0 Å². The molecule has 176 valence electrons. The number of hydrogen-bond donors (Lipinski definition) is 0. The van der Waals surface area contributed by atoms with Crippen molar-refractivity contribution in [3.8, 4) is 5.75 Å². The number of para-hydroxylation sites is 1. The van der Waals surface area contributed by atoms with E-state index in [4.69, 9.17) is 4.74 Å². The SMILES string of the molecule is COc1ccc(C(=O)N(CC(=O)N2CCN(C3CCC(C)CC3)CC2)c2ccccc2)cc1. The van der Waals surface area contributed by atoms with Crippen molar-refractivity contribution in [3.05, 3.63) is 60.2 Å². The molecule has 2 aromatic rings. The van der Waals surface area contributed by atoms with Gasteiger partial charge in [-0.2, -0.15) is 0 Å². The molecule has 6 nitrogen and oxygen atoms in total. The third kappa shape index (κ3) is 5.74. The van der Waals surface area contributed by atoms with Crippen LogP contribution in [-0.2, 0) is 4.79 Å². The van der Waals surface area contributed by atoms with Crippen molar-refractivity contribution in [2.45, 2.75) is 38.6 Å². The fourth-order valence-corrected chi connectivity index (χ4v) is 4.96. The molecule has 2 amide bonds. The van der Waals surface area contributed by atoms with Crippen molar-refractivity contribution in [2.24, 2.45) is 5.92 Å². The van der Waals surface area contributed by atoms with Gasteiger partial charge in [0.15, 0.2) is 0 Å². The molecule has 0 unspecified atom stereocenters. The van der Waals surface area contributed by atoms with Crippen LogP contribution in [0.15, 0.2) is 54.6 Å². The summed E-state index contributed by atoms with van der Waals surface area (Å²) in [5.41, 5.74) is 1.26. The van der Waals surface area contributed by atoms with Crippen LogP contribution in [-0.4, -0.2) is 67.5 Å². The first kappa shape index (κ1) is 23.3. The standard InChI is InChI=1S/C27H35N3O3/c1-21-8-12-23(13-9-21)28-16-18-29(19-17-28)26(31)20-30(24-6-4-3-5-7-24)27(32)22-10-14-25(33-2)15-11-22/h3-7,10-11,14-15,21,23H,8-9,12-13,16-20H2,1-2H3. The normalized spacial score (nSPS) is 21.5. The highest BCUT2D eigenvalue weighted by molar-refractivity contribution is 6.08. The minimum Gasteiger partial charge on any atom is -0.497 e. The van der Waals surface area contributed by atoms with Crippen LogP contribution in [0.1, 0.15) is 43.0 Å². The van der Waals surface area contributed by atoms with Gasteiger partial charge in [-0.25, -0.2) is 0 Å². The van der Waals surface area contributed by atoms with E-state index in [9.17, 15) is 9.59 Å². The van der Waals surface area contributed by atoms with Gasteiger partial charge in [0.2, 0.25) is 5.91 Å². The number of carbonyl (C=O) groups is 2. The minimum absolute atomic E-state index is 0.00219. The Hall–Kier alpha value is -2.86. The zero-order valence-electron chi connectivity index (χ0n) is 19.8. The monoisotopic (exact) mass is 449 g/mol. The number of benzene rings is 2. The van der Waals surface area contributed by atoms with Gasteiger partial charge in [0.1, 0.15) is 12.3 Å². The molecule has 0 bridgehead atoms. The maximum absolute atomic E-state index is 13.4. The Kier molecular flexibility index (Phi) is 7.65. The third-order valence-electron chi connectivity index (χ3n) is 7.11. The molecule has 0 aromatic heterocycles. The Morgan fingerprint density at radius 3 is 2.15 bits per heavy atom. The number of rotatable bonds is 6. The summed E-state index contributed by atoms with van der Waals surface area (Å²) in [6.07, 6.45) is 5.16. The van der Waals surface area contributed by atoms with Crippen molar-refractivity contribution in [1.82, 2.24) is 9.80 Å². The van der Waals surface area contributed by atoms with Crippen molar-refractivity contribution in [3.63, 3.8) is 0 Å². The van der Waals surface area contributed by atoms with Gasteiger partial charge < -0.3 is 9.64 Å². The highest BCUT2D eigenvalue weighted by Gasteiger charge is 2.30. The number of anilines is 1. The molecule has 2 aromatic carbocycles. The fourth-order valence-electron chi connectivity index (χ4n) is 4.96. The van der Waals surface area contributed by atoms with E-state index < -0.39 is 0 Å². The van der Waals surface area contributed by atoms with E-state index in [0.29, 0.717) is 17.4 Å². The van der Waals surface area contributed by atoms with E-state index in [1.54, 1.807) is 36.3 Å². The lowest BCUT2D eigenvalue weighted by molar-refractivity contribution is -0.131. The van der Waals surface area contributed by atoms with Crippen molar-refractivity contribution >= 4 is 17.5 Å². The average molecular weight is 450 g/mol. The zero-order chi connectivity index (χ0) is 23.2. The van der Waals surface area contributed by atoms with Crippen molar-refractivity contribution in [1.29, 1.82) is 0 Å². The Morgan fingerprint density at radius 1 is 0.909 bits per heavy atom. The minimum atomic E-state index is -0.188. The molecule has 2 fully saturated rings. The van der Waals surface area contributed by atoms with Gasteiger partial charge >= 0.3 is 0 Å². The van der Waals surface area contributed by atoms with E-state index in [1.807, 2.05) is 35.2 Å². The first-order valence-electron chi connectivity index (χ1n) is 12.1. The first-order valence-corrected chi connectivity index (χ1v) is 12.1. The second-order valence-corrected chi connectivity index (χ2v) is 9.29. The largest absolute Gasteiger partial charge is 0.497 e. The maximum Gasteiger partial charge on any atom is 0.258 e. The summed E-state index contributed by atoms with van der Waals surface area (Å²) in [5.74, 6) is 1.35. The van der Waals surface area contributed by atoms with E-state index >= 15 is 0 Å². The summed E-state index contributed by atoms with van der Waals surface area (Å²) in [4.78, 5) is 32.7. The number of amides is 2. The van der Waals surface area contributed by atoms with E-state index in [1.165, 1.54) is 25.7 Å². The summed E-state index contributed by atoms with van der Waals surface area (Å²) in [6.45, 7) is 5.67. The topological polar surface area (TPSA) is 53.1 Å². The number of piperazine rings is 1. The van der Waals surface area contributed by atoms with Crippen LogP contribution in [0.2, 0.25) is 0 Å². The molecular formula is C27H35N3O3. The van der Waals surface area contributed by atoms with Crippen molar-refractivity contribution in [2.75, 3.05) is 44.7 Å². The molecule has 0 atom stereocenters. The Morgan fingerprint density at radius 2 is 1.55 bits per heavy atom. The molecule has 0 spiro atoms. The van der Waals surface area contributed by atoms with Gasteiger partial charge in [-0.15, -0.1) is 0 Å². The van der Waals surface area contributed by atoms with Gasteiger partial charge in [-0.3, -0.25) is 19.4 Å². The summed E-state index contributed by atoms with van der Waals surface area (Å²) in [7, 11) is 1.60. The van der Waals surface area contributed by atoms with Crippen LogP contribution in [0.4, 0.5) is 5.69 Å². The summed E-state index contributed by atoms with van der Waals surface area (Å²) in [6, 6.07) is 17.1. The average Bonchev–Trinajstić information content (AvgIpc) is 2.88. The maximum atomic E-state index is 13.4. The van der Waals surface area contributed by atoms with Crippen molar-refractivity contribution < 1.29 is 14.3 Å². The van der Waals surface area contributed by atoms with E-state index in [2.05, 4.69) is 11.8 Å². The molecule has 4 rings (SSSR count). The predicted molar refractivity (Wildman–Crippen MR) is 131 cm³/mol. The lowest BCUT2D eigenvalue weighted by Crippen LogP contribution is -2.54. The second-order valence-electron chi connectivity index (χ2n) is 9.29. The van der Waals surface area contributed by atoms with Gasteiger partial charge in [0.25, 0.3) is 5.91 Å². The van der Waals surface area contributed by atoms with Crippen LogP contribution >= 0.6 is 0 Å². The first-order chi connectivity index (χ1) is 16.0. The number of nitrogens with zero attached hydrogens (tertiary/aromatic N) is 3. The van der Waals surface area contributed by atoms with Crippen LogP contribution in [0.3, 0.4) is 0 Å². The smallest absolute Gasteiger partial charge is 0.258 e. The second kappa shape index (κ2) is 10.8. The van der Waals surface area contributed by atoms with Crippen LogP contribution in [0.25, 0.3) is 0 Å². The van der Waals surface area contributed by atoms with Crippen LogP contribution in [0, 0.1) is 5.92 Å². The molecule has 1 heterocycles. The Balaban J connectivity index is 1.41. The molecule has 0 radical (unpaired) electrons. The molecule has 1 aliphatic carbocycles. The lowest BCUT2D eigenvalue weighted by Gasteiger charge is -2.42. The number of hydrogen-bond acceptors (Lipinski definition) is 4. The van der Waals surface area contributed by atoms with Crippen LogP contribution < -0.4 is 9.64 Å². The summed E-state index contributed by atoms with van der Waals surface area (Å²) in [5, 5.41) is 0. The van der Waals surface area contributed by atoms with Crippen LogP contribution in [0.5, 0.6) is 5.75 Å². The summed E-state index contributed by atoms with van der Waals surface area (Å²) >= 11 is 0. The highest BCUT2D eigenvalue weighted by atomic mass is 16.5. The number of carbonyl (C=O) groups excluding carboxylic acids is 2. The van der Waals surface area contributed by atoms with Gasteiger partial charge in [0, 0.05) is 43.5 Å². The summed E-state index contributed by atoms with van der Waals surface area (Å²) < 4.78 is 5.21. The molecule has 0 N–H and O–H groups in total. The Labute approximate surface area is 197 Å². The van der Waals surface area contributed by atoms with Gasteiger partial charge in [-0.1, -0.05) is 25.1 Å². The van der Waals surface area contributed by atoms with Gasteiger partial charge in [0.05, 0.1) is 7.11 Å². The fraction of sp³-hybridized carbons (Fsp3) is 0.481. The molecule has 1 saturated carbocycles.